The Morgan fingerprint density at radius 1 is 1.12 bits per heavy atom. The van der Waals surface area contributed by atoms with Crippen LogP contribution in [0.3, 0.4) is 0 Å². The van der Waals surface area contributed by atoms with Crippen molar-refractivity contribution in [2.24, 2.45) is 0 Å². The van der Waals surface area contributed by atoms with Crippen molar-refractivity contribution >= 4 is 29.4 Å². The zero-order chi connectivity index (χ0) is 18.9. The molecule has 0 fully saturated rings. The van der Waals surface area contributed by atoms with E-state index in [0.717, 1.165) is 5.56 Å². The zero-order valence-electron chi connectivity index (χ0n) is 13.7. The van der Waals surface area contributed by atoms with Crippen LogP contribution in [0.4, 0.5) is 11.5 Å². The molecule has 0 bridgehead atoms. The molecule has 0 saturated heterocycles. The number of hydrogen-bond donors (Lipinski definition) is 1. The van der Waals surface area contributed by atoms with Gasteiger partial charge in [0.15, 0.2) is 6.29 Å². The summed E-state index contributed by atoms with van der Waals surface area (Å²) in [5.74, 6) is 0.274. The number of nitrogens with one attached hydrogen (secondary N) is 1. The van der Waals surface area contributed by atoms with Crippen LogP contribution in [0, 0.1) is 10.1 Å². The Labute approximate surface area is 154 Å². The Balaban J connectivity index is 0.000000228. The number of aromatic nitrogens is 3. The summed E-state index contributed by atoms with van der Waals surface area (Å²) in [5.41, 5.74) is 2.05. The zero-order valence-corrected chi connectivity index (χ0v) is 14.4. The Morgan fingerprint density at radius 3 is 2.31 bits per heavy atom. The molecule has 0 spiro atoms. The smallest absolute Gasteiger partial charge is 0.311 e. The predicted molar refractivity (Wildman–Crippen MR) is 98.3 cm³/mol. The molecule has 1 N–H and O–H groups in total. The summed E-state index contributed by atoms with van der Waals surface area (Å²) in [7, 11) is 1.62. The highest BCUT2D eigenvalue weighted by molar-refractivity contribution is 6.28. The Kier molecular flexibility index (Phi) is 6.69. The van der Waals surface area contributed by atoms with Crippen molar-refractivity contribution in [2.75, 3.05) is 12.4 Å². The van der Waals surface area contributed by atoms with Gasteiger partial charge in [-0.25, -0.2) is 15.0 Å². The van der Waals surface area contributed by atoms with Gasteiger partial charge in [-0.1, -0.05) is 30.3 Å². The molecule has 8 nitrogen and oxygen atoms in total. The molecule has 0 aliphatic heterocycles. The van der Waals surface area contributed by atoms with Gasteiger partial charge >= 0.3 is 5.69 Å². The Hall–Kier alpha value is -3.39. The highest BCUT2D eigenvalue weighted by Gasteiger charge is 2.14. The van der Waals surface area contributed by atoms with Gasteiger partial charge in [0, 0.05) is 31.1 Å². The van der Waals surface area contributed by atoms with Gasteiger partial charge < -0.3 is 5.32 Å². The number of rotatable bonds is 4. The summed E-state index contributed by atoms with van der Waals surface area (Å²) in [6.07, 6.45) is 3.39. The maximum atomic E-state index is 10.8. The molecule has 2 aromatic heterocycles. The molecule has 0 unspecified atom stereocenters. The third-order valence-corrected chi connectivity index (χ3v) is 3.35. The van der Waals surface area contributed by atoms with E-state index in [9.17, 15) is 14.9 Å². The van der Waals surface area contributed by atoms with E-state index in [2.05, 4.69) is 20.3 Å². The first kappa shape index (κ1) is 18.9. The van der Waals surface area contributed by atoms with E-state index < -0.39 is 4.92 Å². The summed E-state index contributed by atoms with van der Waals surface area (Å²) in [6.45, 7) is 0. The van der Waals surface area contributed by atoms with Gasteiger partial charge in [-0.05, 0) is 17.7 Å². The van der Waals surface area contributed by atoms with E-state index in [0.29, 0.717) is 17.5 Å². The van der Waals surface area contributed by atoms with Gasteiger partial charge in [-0.2, -0.15) is 0 Å². The molecule has 0 aliphatic carbocycles. The van der Waals surface area contributed by atoms with Crippen molar-refractivity contribution in [3.8, 4) is 11.3 Å². The lowest BCUT2D eigenvalue weighted by Crippen LogP contribution is -2.00. The number of carbonyl (C=O) groups is 1. The molecule has 9 heteroatoms. The first-order chi connectivity index (χ1) is 12.5. The summed E-state index contributed by atoms with van der Waals surface area (Å²) < 4.78 is 0. The van der Waals surface area contributed by atoms with E-state index >= 15 is 0 Å². The predicted octanol–water partition coefficient (Wildman–Crippen LogP) is 3.64. The van der Waals surface area contributed by atoms with Gasteiger partial charge in [0.2, 0.25) is 11.1 Å². The Bertz CT molecular complexity index is 889. The lowest BCUT2D eigenvalue weighted by Gasteiger charge is -2.04. The molecule has 3 aromatic rings. The van der Waals surface area contributed by atoms with Gasteiger partial charge in [-0.15, -0.1) is 0 Å². The molecule has 0 radical (unpaired) electrons. The Morgan fingerprint density at radius 2 is 1.77 bits per heavy atom. The van der Waals surface area contributed by atoms with Crippen LogP contribution in [-0.2, 0) is 0 Å². The average Bonchev–Trinajstić information content (AvgIpc) is 2.69. The van der Waals surface area contributed by atoms with Crippen LogP contribution in [0.2, 0.25) is 5.28 Å². The van der Waals surface area contributed by atoms with Crippen LogP contribution in [0.5, 0.6) is 0 Å². The first-order valence-electron chi connectivity index (χ1n) is 7.36. The number of nitrogens with zero attached hydrogens (tertiary/aromatic N) is 4. The summed E-state index contributed by atoms with van der Waals surface area (Å²) in [4.78, 5) is 31.7. The molecular weight excluding hydrogens is 358 g/mol. The second-order valence-electron chi connectivity index (χ2n) is 4.84. The lowest BCUT2D eigenvalue weighted by molar-refractivity contribution is -0.384. The highest BCUT2D eigenvalue weighted by atomic mass is 35.5. The van der Waals surface area contributed by atoms with Crippen LogP contribution < -0.4 is 5.32 Å². The molecule has 0 aliphatic rings. The summed E-state index contributed by atoms with van der Waals surface area (Å²) in [6, 6.07) is 12.6. The van der Waals surface area contributed by atoms with Crippen molar-refractivity contribution in [3.63, 3.8) is 0 Å². The second kappa shape index (κ2) is 9.19. The van der Waals surface area contributed by atoms with Crippen molar-refractivity contribution in [1.82, 2.24) is 15.0 Å². The van der Waals surface area contributed by atoms with E-state index in [-0.39, 0.29) is 16.8 Å². The molecule has 132 valence electrons. The standard InChI is InChI=1S/C12H11N3O2.C5H3ClN2O/c1-13-12-11(15(16)17)8-7-10(14-12)9-5-3-2-4-6-9;6-5-7-1-4(3-9)2-8-5/h2-8H,1H3,(H,13,14);1-3H. The van der Waals surface area contributed by atoms with Crippen LogP contribution in [0.1, 0.15) is 10.4 Å². The van der Waals surface area contributed by atoms with E-state index in [1.807, 2.05) is 30.3 Å². The summed E-state index contributed by atoms with van der Waals surface area (Å²) >= 11 is 5.33. The van der Waals surface area contributed by atoms with Gasteiger partial charge in [0.25, 0.3) is 0 Å². The van der Waals surface area contributed by atoms with Crippen LogP contribution in [-0.4, -0.2) is 33.2 Å². The average molecular weight is 372 g/mol. The normalized spacial score (nSPS) is 9.62. The molecule has 26 heavy (non-hydrogen) atoms. The van der Waals surface area contributed by atoms with E-state index in [1.54, 1.807) is 13.1 Å². The monoisotopic (exact) mass is 371 g/mol. The quantitative estimate of drug-likeness (QED) is 0.322. The fourth-order valence-electron chi connectivity index (χ4n) is 1.94. The van der Waals surface area contributed by atoms with Crippen LogP contribution >= 0.6 is 11.6 Å². The number of halogens is 1. The second-order valence-corrected chi connectivity index (χ2v) is 5.18. The highest BCUT2D eigenvalue weighted by Crippen LogP contribution is 2.26. The minimum absolute atomic E-state index is 0.0211. The number of pyridine rings is 1. The first-order valence-corrected chi connectivity index (χ1v) is 7.74. The number of hydrogen-bond acceptors (Lipinski definition) is 7. The molecule has 1 aromatic carbocycles. The number of anilines is 1. The third kappa shape index (κ3) is 5.05. The third-order valence-electron chi connectivity index (χ3n) is 3.15. The fraction of sp³-hybridized carbons (Fsp3) is 0.0588. The van der Waals surface area contributed by atoms with Crippen molar-refractivity contribution < 1.29 is 9.72 Å². The molecule has 0 atom stereocenters. The molecule has 0 saturated carbocycles. The number of benzene rings is 1. The van der Waals surface area contributed by atoms with Gasteiger partial charge in [0.05, 0.1) is 16.2 Å². The summed E-state index contributed by atoms with van der Waals surface area (Å²) in [5, 5.41) is 13.6. The van der Waals surface area contributed by atoms with Crippen LogP contribution in [0.25, 0.3) is 11.3 Å². The minimum atomic E-state index is -0.451. The largest absolute Gasteiger partial charge is 0.367 e. The molecular formula is C17H14ClN5O3. The maximum absolute atomic E-state index is 10.8. The van der Waals surface area contributed by atoms with E-state index in [4.69, 9.17) is 11.6 Å². The number of carbonyl (C=O) groups excluding carboxylic acids is 1. The van der Waals surface area contributed by atoms with Crippen molar-refractivity contribution in [1.29, 1.82) is 0 Å². The van der Waals surface area contributed by atoms with Gasteiger partial charge in [0.1, 0.15) is 0 Å². The minimum Gasteiger partial charge on any atom is -0.367 e. The molecule has 0 amide bonds. The lowest BCUT2D eigenvalue weighted by atomic mass is 10.1. The fourth-order valence-corrected chi connectivity index (χ4v) is 2.03. The number of aldehydes is 1. The van der Waals surface area contributed by atoms with E-state index in [1.165, 1.54) is 18.5 Å². The topological polar surface area (TPSA) is 111 Å². The molecule has 2 heterocycles. The molecule has 3 rings (SSSR count). The maximum Gasteiger partial charge on any atom is 0.311 e. The van der Waals surface area contributed by atoms with Crippen molar-refractivity contribution in [2.45, 2.75) is 0 Å². The van der Waals surface area contributed by atoms with Crippen molar-refractivity contribution in [3.05, 3.63) is 75.8 Å². The van der Waals surface area contributed by atoms with Gasteiger partial charge in [-0.3, -0.25) is 14.9 Å². The SMILES string of the molecule is CNc1nc(-c2ccccc2)ccc1[N+](=O)[O-].O=Cc1cnc(Cl)nc1. The number of nitro groups is 1. The van der Waals surface area contributed by atoms with Crippen LogP contribution in [0.15, 0.2) is 54.9 Å².